The first-order valence-corrected chi connectivity index (χ1v) is 8.58. The molecule has 0 unspecified atom stereocenters. The Kier molecular flexibility index (Phi) is 5.40. The van der Waals surface area contributed by atoms with Crippen molar-refractivity contribution < 1.29 is 23.8 Å². The summed E-state index contributed by atoms with van der Waals surface area (Å²) in [6.07, 6.45) is 1.84. The molecule has 8 heteroatoms. The van der Waals surface area contributed by atoms with Crippen LogP contribution in [-0.4, -0.2) is 36.9 Å². The molecule has 0 saturated carbocycles. The summed E-state index contributed by atoms with van der Waals surface area (Å²) in [5.41, 5.74) is 0.759. The maximum atomic E-state index is 12.3. The first-order valence-electron chi connectivity index (χ1n) is 8.58. The molecule has 2 heterocycles. The van der Waals surface area contributed by atoms with Gasteiger partial charge in [-0.05, 0) is 25.5 Å². The molecule has 0 spiro atoms. The highest BCUT2D eigenvalue weighted by Crippen LogP contribution is 2.36. The smallest absolute Gasteiger partial charge is 0.341 e. The van der Waals surface area contributed by atoms with E-state index in [1.165, 1.54) is 0 Å². The molecule has 1 aliphatic heterocycles. The quantitative estimate of drug-likeness (QED) is 0.607. The highest BCUT2D eigenvalue weighted by molar-refractivity contribution is 6.03. The fourth-order valence-electron chi connectivity index (χ4n) is 2.55. The highest BCUT2D eigenvalue weighted by Gasteiger charge is 2.20. The number of anilines is 1. The van der Waals surface area contributed by atoms with Crippen molar-refractivity contribution in [3.05, 3.63) is 23.8 Å². The Morgan fingerprint density at radius 2 is 1.96 bits per heavy atom. The van der Waals surface area contributed by atoms with Crippen LogP contribution in [0.15, 0.2) is 18.2 Å². The molecule has 0 bridgehead atoms. The van der Waals surface area contributed by atoms with Crippen molar-refractivity contribution in [1.82, 2.24) is 10.3 Å². The van der Waals surface area contributed by atoms with Crippen LogP contribution in [-0.2, 0) is 4.74 Å². The summed E-state index contributed by atoms with van der Waals surface area (Å²) in [4.78, 5) is 28.8. The number of amides is 2. The van der Waals surface area contributed by atoms with Crippen LogP contribution in [0.1, 0.15) is 37.0 Å². The molecule has 0 aliphatic carbocycles. The maximum Gasteiger partial charge on any atom is 0.341 e. The van der Waals surface area contributed by atoms with Crippen LogP contribution in [0.2, 0.25) is 0 Å². The topological polar surface area (TPSA) is 98.8 Å². The minimum Gasteiger partial charge on any atom is -0.462 e. The summed E-state index contributed by atoms with van der Waals surface area (Å²) in [7, 11) is 0. The molecule has 0 radical (unpaired) electrons. The monoisotopic (exact) mass is 359 g/mol. The van der Waals surface area contributed by atoms with Gasteiger partial charge < -0.3 is 19.5 Å². The molecule has 2 amide bonds. The molecule has 0 saturated heterocycles. The van der Waals surface area contributed by atoms with Crippen LogP contribution in [0.4, 0.5) is 10.6 Å². The second-order valence-electron chi connectivity index (χ2n) is 5.74. The van der Waals surface area contributed by atoms with E-state index in [0.29, 0.717) is 28.9 Å². The van der Waals surface area contributed by atoms with Gasteiger partial charge in [0.15, 0.2) is 11.5 Å². The van der Waals surface area contributed by atoms with Crippen molar-refractivity contribution >= 4 is 28.7 Å². The normalized spacial score (nSPS) is 12.1. The van der Waals surface area contributed by atoms with Gasteiger partial charge in [0, 0.05) is 18.0 Å². The standard InChI is InChI=1S/C18H21N3O5/c1-3-5-6-19-18(23)21-16-12(17(22)24-4-2)7-11-8-14-15(26-10-25-14)9-13(11)20-16/h7-9H,3-6,10H2,1-2H3,(H2,19,20,21,23). The number of ether oxygens (including phenoxy) is 3. The number of urea groups is 1. The zero-order valence-electron chi connectivity index (χ0n) is 14.8. The molecule has 0 fully saturated rings. The first kappa shape index (κ1) is 17.8. The van der Waals surface area contributed by atoms with Gasteiger partial charge in [0.1, 0.15) is 11.4 Å². The number of carbonyl (C=O) groups excluding carboxylic acids is 2. The van der Waals surface area contributed by atoms with E-state index in [4.69, 9.17) is 14.2 Å². The number of aromatic nitrogens is 1. The number of pyridine rings is 1. The second-order valence-corrected chi connectivity index (χ2v) is 5.74. The van der Waals surface area contributed by atoms with Crippen molar-refractivity contribution in [3.63, 3.8) is 0 Å². The van der Waals surface area contributed by atoms with E-state index in [1.54, 1.807) is 25.1 Å². The van der Waals surface area contributed by atoms with E-state index in [9.17, 15) is 9.59 Å². The Balaban J connectivity index is 1.95. The number of fused-ring (bicyclic) bond motifs is 2. The summed E-state index contributed by atoms with van der Waals surface area (Å²) < 4.78 is 15.8. The Bertz CT molecular complexity index is 837. The lowest BCUT2D eigenvalue weighted by molar-refractivity contribution is 0.0527. The predicted molar refractivity (Wildman–Crippen MR) is 95.8 cm³/mol. The zero-order valence-corrected chi connectivity index (χ0v) is 14.8. The summed E-state index contributed by atoms with van der Waals surface area (Å²) in [5, 5.41) is 6.06. The lowest BCUT2D eigenvalue weighted by Crippen LogP contribution is -2.30. The third-order valence-corrected chi connectivity index (χ3v) is 3.85. The number of hydrogen-bond acceptors (Lipinski definition) is 6. The van der Waals surface area contributed by atoms with Crippen LogP contribution >= 0.6 is 0 Å². The van der Waals surface area contributed by atoms with Gasteiger partial charge in [0.2, 0.25) is 6.79 Å². The van der Waals surface area contributed by atoms with Gasteiger partial charge >= 0.3 is 12.0 Å². The number of hydrogen-bond donors (Lipinski definition) is 2. The Hall–Kier alpha value is -3.03. The molecule has 26 heavy (non-hydrogen) atoms. The summed E-state index contributed by atoms with van der Waals surface area (Å²) in [5.74, 6) is 0.756. The van der Waals surface area contributed by atoms with E-state index in [0.717, 1.165) is 12.8 Å². The minimum absolute atomic E-state index is 0.140. The number of unbranched alkanes of at least 4 members (excludes halogenated alkanes) is 1. The van der Waals surface area contributed by atoms with Crippen molar-refractivity contribution in [3.8, 4) is 11.5 Å². The van der Waals surface area contributed by atoms with Crippen LogP contribution < -0.4 is 20.1 Å². The van der Waals surface area contributed by atoms with E-state index in [-0.39, 0.29) is 24.8 Å². The van der Waals surface area contributed by atoms with Gasteiger partial charge in [-0.1, -0.05) is 13.3 Å². The van der Waals surface area contributed by atoms with Gasteiger partial charge in [0.05, 0.1) is 12.1 Å². The van der Waals surface area contributed by atoms with Crippen LogP contribution in [0.25, 0.3) is 10.9 Å². The molecular formula is C18H21N3O5. The SMILES string of the molecule is CCCCNC(=O)Nc1nc2cc3c(cc2cc1C(=O)OCC)OCO3. The maximum absolute atomic E-state index is 12.3. The largest absolute Gasteiger partial charge is 0.462 e. The molecule has 1 aromatic heterocycles. The van der Waals surface area contributed by atoms with Gasteiger partial charge in [-0.2, -0.15) is 0 Å². The zero-order chi connectivity index (χ0) is 18.5. The van der Waals surface area contributed by atoms with Gasteiger partial charge in [-0.25, -0.2) is 14.6 Å². The van der Waals surface area contributed by atoms with Crippen molar-refractivity contribution in [2.75, 3.05) is 25.3 Å². The molecule has 138 valence electrons. The van der Waals surface area contributed by atoms with Crippen LogP contribution in [0, 0.1) is 0 Å². The van der Waals surface area contributed by atoms with Gasteiger partial charge in [-0.3, -0.25) is 5.32 Å². The third kappa shape index (κ3) is 3.79. The minimum atomic E-state index is -0.552. The summed E-state index contributed by atoms with van der Waals surface area (Å²) in [6.45, 7) is 4.66. The molecule has 1 aromatic carbocycles. The Morgan fingerprint density at radius 3 is 2.69 bits per heavy atom. The lowest BCUT2D eigenvalue weighted by atomic mass is 10.1. The fraction of sp³-hybridized carbons (Fsp3) is 0.389. The molecule has 2 N–H and O–H groups in total. The number of benzene rings is 1. The summed E-state index contributed by atoms with van der Waals surface area (Å²) >= 11 is 0. The van der Waals surface area contributed by atoms with Crippen molar-refractivity contribution in [1.29, 1.82) is 0 Å². The van der Waals surface area contributed by atoms with E-state index in [2.05, 4.69) is 15.6 Å². The molecule has 1 aliphatic rings. The van der Waals surface area contributed by atoms with Crippen molar-refractivity contribution in [2.24, 2.45) is 0 Å². The molecule has 2 aromatic rings. The first-order chi connectivity index (χ1) is 12.6. The number of rotatable bonds is 6. The average molecular weight is 359 g/mol. The number of esters is 1. The van der Waals surface area contributed by atoms with Gasteiger partial charge in [-0.15, -0.1) is 0 Å². The number of nitrogens with zero attached hydrogens (tertiary/aromatic N) is 1. The Morgan fingerprint density at radius 1 is 1.19 bits per heavy atom. The summed E-state index contributed by atoms with van der Waals surface area (Å²) in [6, 6.07) is 4.67. The predicted octanol–water partition coefficient (Wildman–Crippen LogP) is 3.06. The third-order valence-electron chi connectivity index (χ3n) is 3.85. The number of carbonyl (C=O) groups is 2. The van der Waals surface area contributed by atoms with Gasteiger partial charge in [0.25, 0.3) is 0 Å². The van der Waals surface area contributed by atoms with Crippen LogP contribution in [0.3, 0.4) is 0 Å². The number of nitrogens with one attached hydrogen (secondary N) is 2. The van der Waals surface area contributed by atoms with E-state index < -0.39 is 12.0 Å². The molecule has 0 atom stereocenters. The van der Waals surface area contributed by atoms with E-state index in [1.807, 2.05) is 6.92 Å². The highest BCUT2D eigenvalue weighted by atomic mass is 16.7. The molecular weight excluding hydrogens is 338 g/mol. The van der Waals surface area contributed by atoms with Crippen LogP contribution in [0.5, 0.6) is 11.5 Å². The van der Waals surface area contributed by atoms with E-state index >= 15 is 0 Å². The lowest BCUT2D eigenvalue weighted by Gasteiger charge is -2.12. The second kappa shape index (κ2) is 7.90. The molecule has 3 rings (SSSR count). The van der Waals surface area contributed by atoms with Crippen molar-refractivity contribution in [2.45, 2.75) is 26.7 Å². The average Bonchev–Trinajstić information content (AvgIpc) is 3.06. The Labute approximate surface area is 150 Å². The fourth-order valence-corrected chi connectivity index (χ4v) is 2.55. The molecule has 8 nitrogen and oxygen atoms in total.